The number of hydrogen-bond acceptors (Lipinski definition) is 5. The first-order valence-corrected chi connectivity index (χ1v) is 8.53. The van der Waals surface area contributed by atoms with E-state index in [1.807, 2.05) is 66.7 Å². The van der Waals surface area contributed by atoms with Crippen LogP contribution in [0.4, 0.5) is 5.82 Å². The molecule has 0 saturated carbocycles. The van der Waals surface area contributed by atoms with Crippen molar-refractivity contribution in [3.8, 4) is 11.3 Å². The second kappa shape index (κ2) is 7.33. The first kappa shape index (κ1) is 16.2. The number of rotatable bonds is 6. The highest BCUT2D eigenvalue weighted by molar-refractivity contribution is 5.65. The van der Waals surface area contributed by atoms with Gasteiger partial charge in [0.1, 0.15) is 12.1 Å². The molecular formula is C20H19N5O. The number of nitrogens with one attached hydrogen (secondary N) is 1. The number of hydrogen-bond donors (Lipinski definition) is 2. The molecule has 1 atom stereocenters. The van der Waals surface area contributed by atoms with Crippen LogP contribution in [-0.2, 0) is 0 Å². The van der Waals surface area contributed by atoms with E-state index in [9.17, 15) is 5.11 Å². The monoisotopic (exact) mass is 345 g/mol. The van der Waals surface area contributed by atoms with E-state index in [2.05, 4.69) is 20.4 Å². The predicted octanol–water partition coefficient (Wildman–Crippen LogP) is 3.33. The fourth-order valence-corrected chi connectivity index (χ4v) is 2.99. The molecule has 6 nitrogen and oxygen atoms in total. The van der Waals surface area contributed by atoms with Crippen molar-refractivity contribution in [2.45, 2.75) is 12.5 Å². The summed E-state index contributed by atoms with van der Waals surface area (Å²) < 4.78 is 1.68. The van der Waals surface area contributed by atoms with Gasteiger partial charge in [-0.3, -0.25) is 0 Å². The van der Waals surface area contributed by atoms with Gasteiger partial charge in [0.15, 0.2) is 0 Å². The Morgan fingerprint density at radius 2 is 1.73 bits per heavy atom. The third-order valence-corrected chi connectivity index (χ3v) is 4.26. The molecule has 0 bridgehead atoms. The first-order chi connectivity index (χ1) is 12.8. The van der Waals surface area contributed by atoms with Crippen molar-refractivity contribution in [1.82, 2.24) is 19.6 Å². The summed E-state index contributed by atoms with van der Waals surface area (Å²) >= 11 is 0. The minimum Gasteiger partial charge on any atom is -0.396 e. The third-order valence-electron chi connectivity index (χ3n) is 4.26. The predicted molar refractivity (Wildman–Crippen MR) is 101 cm³/mol. The largest absolute Gasteiger partial charge is 0.396 e. The minimum absolute atomic E-state index is 0.0420. The summed E-state index contributed by atoms with van der Waals surface area (Å²) in [5.74, 6) is 1.32. The van der Waals surface area contributed by atoms with Gasteiger partial charge in [-0.25, -0.2) is 4.98 Å². The topological polar surface area (TPSA) is 75.3 Å². The summed E-state index contributed by atoms with van der Waals surface area (Å²) in [4.78, 5) is 8.84. The van der Waals surface area contributed by atoms with Crippen molar-refractivity contribution in [2.75, 3.05) is 11.9 Å². The Bertz CT molecular complexity index is 985. The molecule has 0 aliphatic carbocycles. The molecule has 0 aliphatic rings. The summed E-state index contributed by atoms with van der Waals surface area (Å²) in [6.45, 7) is 0.0870. The van der Waals surface area contributed by atoms with Crippen LogP contribution >= 0.6 is 0 Å². The molecule has 2 heterocycles. The Labute approximate surface area is 151 Å². The summed E-state index contributed by atoms with van der Waals surface area (Å²) in [6.07, 6.45) is 2.08. The van der Waals surface area contributed by atoms with E-state index >= 15 is 0 Å². The van der Waals surface area contributed by atoms with Gasteiger partial charge >= 0.3 is 0 Å². The van der Waals surface area contributed by atoms with Crippen molar-refractivity contribution in [1.29, 1.82) is 0 Å². The highest BCUT2D eigenvalue weighted by atomic mass is 16.3. The number of aliphatic hydroxyl groups is 1. The maximum Gasteiger partial charge on any atom is 0.254 e. The molecule has 0 saturated heterocycles. The molecule has 26 heavy (non-hydrogen) atoms. The smallest absolute Gasteiger partial charge is 0.254 e. The van der Waals surface area contributed by atoms with Crippen molar-refractivity contribution in [3.63, 3.8) is 0 Å². The van der Waals surface area contributed by atoms with Crippen LogP contribution in [0.25, 0.3) is 17.0 Å². The number of nitrogens with zero attached hydrogens (tertiary/aromatic N) is 4. The van der Waals surface area contributed by atoms with E-state index in [4.69, 9.17) is 0 Å². The number of aromatic nitrogens is 4. The normalized spacial score (nSPS) is 12.2. The molecule has 0 spiro atoms. The molecular weight excluding hydrogens is 326 g/mol. The lowest BCUT2D eigenvalue weighted by Gasteiger charge is -2.20. The van der Waals surface area contributed by atoms with Gasteiger partial charge < -0.3 is 10.4 Å². The minimum atomic E-state index is -0.0420. The summed E-state index contributed by atoms with van der Waals surface area (Å²) in [7, 11) is 0. The molecule has 6 heteroatoms. The summed E-state index contributed by atoms with van der Waals surface area (Å²) in [5.41, 5.74) is 2.94. The molecule has 0 amide bonds. The molecule has 2 N–H and O–H groups in total. The lowest BCUT2D eigenvalue weighted by Crippen LogP contribution is -2.15. The number of anilines is 1. The average Bonchev–Trinajstić information content (AvgIpc) is 3.18. The van der Waals surface area contributed by atoms with Crippen molar-refractivity contribution in [3.05, 3.63) is 78.6 Å². The van der Waals surface area contributed by atoms with Crippen LogP contribution in [0.5, 0.6) is 0 Å². The van der Waals surface area contributed by atoms with Gasteiger partial charge in [0.05, 0.1) is 11.7 Å². The molecule has 0 radical (unpaired) electrons. The van der Waals surface area contributed by atoms with E-state index in [1.165, 1.54) is 6.33 Å². The molecule has 0 fully saturated rings. The van der Waals surface area contributed by atoms with Crippen molar-refractivity contribution in [2.24, 2.45) is 0 Å². The van der Waals surface area contributed by atoms with Crippen LogP contribution in [-0.4, -0.2) is 31.3 Å². The molecule has 2 aromatic heterocycles. The van der Waals surface area contributed by atoms with E-state index in [0.29, 0.717) is 12.2 Å². The van der Waals surface area contributed by atoms with E-state index in [0.717, 1.165) is 22.6 Å². The molecule has 0 unspecified atom stereocenters. The Morgan fingerprint density at radius 1 is 1.00 bits per heavy atom. The lowest BCUT2D eigenvalue weighted by molar-refractivity contribution is 0.280. The van der Waals surface area contributed by atoms with Gasteiger partial charge in [-0.05, 0) is 12.0 Å². The second-order valence-corrected chi connectivity index (χ2v) is 5.98. The standard InChI is InChI=1S/C20H19N5O/c26-12-11-17(15-7-3-1-4-8-15)23-19-13-18(16-9-5-2-6-10-16)24-20-21-14-22-25(19)20/h1-10,13-14,17,23,26H,11-12H2/t17-/m1/s1. The van der Waals surface area contributed by atoms with E-state index in [-0.39, 0.29) is 12.6 Å². The van der Waals surface area contributed by atoms with Crippen molar-refractivity contribution >= 4 is 11.6 Å². The number of aliphatic hydroxyl groups excluding tert-OH is 1. The second-order valence-electron chi connectivity index (χ2n) is 5.98. The quantitative estimate of drug-likeness (QED) is 0.561. The summed E-state index contributed by atoms with van der Waals surface area (Å²) in [6, 6.07) is 22.0. The highest BCUT2D eigenvalue weighted by Crippen LogP contribution is 2.26. The number of benzene rings is 2. The lowest BCUT2D eigenvalue weighted by atomic mass is 10.0. The highest BCUT2D eigenvalue weighted by Gasteiger charge is 2.15. The third kappa shape index (κ3) is 3.27. The van der Waals surface area contributed by atoms with Crippen LogP contribution in [0.1, 0.15) is 18.0 Å². The average molecular weight is 345 g/mol. The SMILES string of the molecule is OCC[C@@H](Nc1cc(-c2ccccc2)nc2ncnn12)c1ccccc1. The van der Waals surface area contributed by atoms with Crippen LogP contribution in [0.3, 0.4) is 0 Å². The van der Waals surface area contributed by atoms with Gasteiger partial charge in [-0.2, -0.15) is 14.6 Å². The molecule has 0 aliphatic heterocycles. The molecule has 130 valence electrons. The van der Waals surface area contributed by atoms with Crippen LogP contribution in [0.2, 0.25) is 0 Å². The van der Waals surface area contributed by atoms with Crippen LogP contribution < -0.4 is 5.32 Å². The van der Waals surface area contributed by atoms with E-state index in [1.54, 1.807) is 4.52 Å². The zero-order valence-corrected chi connectivity index (χ0v) is 14.2. The molecule has 4 aromatic rings. The molecule has 4 rings (SSSR count). The maximum atomic E-state index is 9.49. The van der Waals surface area contributed by atoms with Gasteiger partial charge in [-0.1, -0.05) is 60.7 Å². The van der Waals surface area contributed by atoms with Gasteiger partial charge in [-0.15, -0.1) is 0 Å². The fourth-order valence-electron chi connectivity index (χ4n) is 2.99. The Hall–Kier alpha value is -3.25. The fraction of sp³-hybridized carbons (Fsp3) is 0.150. The van der Waals surface area contributed by atoms with Gasteiger partial charge in [0.25, 0.3) is 5.78 Å². The Morgan fingerprint density at radius 3 is 2.46 bits per heavy atom. The number of fused-ring (bicyclic) bond motifs is 1. The van der Waals surface area contributed by atoms with Crippen molar-refractivity contribution < 1.29 is 5.11 Å². The Kier molecular flexibility index (Phi) is 4.57. The summed E-state index contributed by atoms with van der Waals surface area (Å²) in [5, 5.41) is 17.3. The van der Waals surface area contributed by atoms with Gasteiger partial charge in [0.2, 0.25) is 0 Å². The van der Waals surface area contributed by atoms with Crippen LogP contribution in [0, 0.1) is 0 Å². The van der Waals surface area contributed by atoms with E-state index < -0.39 is 0 Å². The maximum absolute atomic E-state index is 9.49. The Balaban J connectivity index is 1.76. The zero-order valence-electron chi connectivity index (χ0n) is 14.2. The van der Waals surface area contributed by atoms with Crippen LogP contribution in [0.15, 0.2) is 73.1 Å². The zero-order chi connectivity index (χ0) is 17.8. The van der Waals surface area contributed by atoms with Gasteiger partial charge in [0, 0.05) is 18.2 Å². The molecule has 2 aromatic carbocycles. The first-order valence-electron chi connectivity index (χ1n) is 8.53.